The summed E-state index contributed by atoms with van der Waals surface area (Å²) in [5.74, 6) is 0.809. The monoisotopic (exact) mass is 504 g/mol. The highest BCUT2D eigenvalue weighted by Gasteiger charge is 2.47. The van der Waals surface area contributed by atoms with Crippen LogP contribution in [0.4, 0.5) is 0 Å². The van der Waals surface area contributed by atoms with Crippen LogP contribution in [0.1, 0.15) is 99.8 Å². The van der Waals surface area contributed by atoms with Crippen molar-refractivity contribution in [1.82, 2.24) is 0 Å². The zero-order valence-electron chi connectivity index (χ0n) is 23.0. The number of aliphatic hydroxyl groups is 2. The number of allylic oxidation sites excluding steroid dienone is 5. The lowest BCUT2D eigenvalue weighted by Gasteiger charge is -2.43. The molecule has 2 N–H and O–H groups in total. The van der Waals surface area contributed by atoms with Crippen LogP contribution in [0.3, 0.4) is 0 Å². The molecular formula is C30H48O4S. The number of fused-ring (bicyclic) bond motifs is 1. The largest absolute Gasteiger partial charge is 0.393 e. The van der Waals surface area contributed by atoms with Crippen molar-refractivity contribution in [2.75, 3.05) is 0 Å². The molecule has 35 heavy (non-hydrogen) atoms. The van der Waals surface area contributed by atoms with Crippen LogP contribution in [-0.2, 0) is 9.84 Å². The van der Waals surface area contributed by atoms with Crippen molar-refractivity contribution in [1.29, 1.82) is 0 Å². The molecule has 3 rings (SSSR count). The van der Waals surface area contributed by atoms with Crippen molar-refractivity contribution in [2.24, 2.45) is 17.3 Å². The Bertz CT molecular complexity index is 1020. The Kier molecular flexibility index (Phi) is 8.07. The van der Waals surface area contributed by atoms with E-state index >= 15 is 0 Å². The van der Waals surface area contributed by atoms with E-state index in [1.807, 2.05) is 13.8 Å². The van der Waals surface area contributed by atoms with Gasteiger partial charge in [0.15, 0.2) is 9.84 Å². The van der Waals surface area contributed by atoms with Crippen LogP contribution in [0.25, 0.3) is 0 Å². The maximum absolute atomic E-state index is 13.1. The van der Waals surface area contributed by atoms with E-state index in [1.54, 1.807) is 20.8 Å². The molecule has 0 aliphatic heterocycles. The van der Waals surface area contributed by atoms with Gasteiger partial charge in [-0.15, -0.1) is 0 Å². The first-order valence-electron chi connectivity index (χ1n) is 13.4. The molecule has 0 aromatic rings. The predicted octanol–water partition coefficient (Wildman–Crippen LogP) is 6.46. The molecule has 0 spiro atoms. The van der Waals surface area contributed by atoms with E-state index in [-0.39, 0.29) is 5.41 Å². The third-order valence-corrected chi connectivity index (χ3v) is 12.4. The van der Waals surface area contributed by atoms with E-state index in [0.717, 1.165) is 43.3 Å². The molecule has 0 aromatic carbocycles. The molecule has 0 bridgehead atoms. The van der Waals surface area contributed by atoms with Crippen molar-refractivity contribution >= 4 is 9.84 Å². The lowest BCUT2D eigenvalue weighted by atomic mass is 9.62. The Morgan fingerprint density at radius 3 is 2.49 bits per heavy atom. The van der Waals surface area contributed by atoms with Gasteiger partial charge in [-0.3, -0.25) is 0 Å². The van der Waals surface area contributed by atoms with Gasteiger partial charge in [0, 0.05) is 6.42 Å². The first-order chi connectivity index (χ1) is 16.0. The molecule has 2 fully saturated rings. The van der Waals surface area contributed by atoms with Gasteiger partial charge in [-0.1, -0.05) is 49.8 Å². The topological polar surface area (TPSA) is 74.6 Å². The smallest absolute Gasteiger partial charge is 0.160 e. The molecule has 0 amide bonds. The number of sulfone groups is 1. The molecule has 198 valence electrons. The number of rotatable bonds is 6. The predicted molar refractivity (Wildman–Crippen MR) is 146 cm³/mol. The molecule has 0 radical (unpaired) electrons. The van der Waals surface area contributed by atoms with E-state index in [9.17, 15) is 18.6 Å². The third kappa shape index (κ3) is 5.43. The van der Waals surface area contributed by atoms with Crippen molar-refractivity contribution < 1.29 is 18.6 Å². The van der Waals surface area contributed by atoms with Gasteiger partial charge < -0.3 is 10.2 Å². The first-order valence-corrected chi connectivity index (χ1v) is 14.9. The van der Waals surface area contributed by atoms with E-state index in [0.29, 0.717) is 31.1 Å². The van der Waals surface area contributed by atoms with Gasteiger partial charge >= 0.3 is 0 Å². The molecule has 2 saturated carbocycles. The maximum atomic E-state index is 13.1. The molecule has 0 saturated heterocycles. The summed E-state index contributed by atoms with van der Waals surface area (Å²) in [6.07, 6.45) is 12.4. The summed E-state index contributed by atoms with van der Waals surface area (Å²) in [6.45, 7) is 17.9. The Morgan fingerprint density at radius 1 is 1.20 bits per heavy atom. The molecule has 5 heteroatoms. The van der Waals surface area contributed by atoms with Gasteiger partial charge in [-0.05, 0) is 108 Å². The van der Waals surface area contributed by atoms with Gasteiger partial charge in [0.1, 0.15) is 0 Å². The van der Waals surface area contributed by atoms with Gasteiger partial charge in [-0.2, -0.15) is 0 Å². The zero-order valence-corrected chi connectivity index (χ0v) is 23.8. The molecule has 4 nitrogen and oxygen atoms in total. The average Bonchev–Trinajstić information content (AvgIpc) is 3.10. The summed E-state index contributed by atoms with van der Waals surface area (Å²) in [7, 11) is -3.25. The van der Waals surface area contributed by atoms with Crippen molar-refractivity contribution in [3.05, 3.63) is 47.1 Å². The van der Waals surface area contributed by atoms with Gasteiger partial charge in [0.05, 0.1) is 21.7 Å². The first kappa shape index (κ1) is 28.4. The Labute approximate surface area is 214 Å². The second-order valence-corrected chi connectivity index (χ2v) is 16.4. The molecule has 1 unspecified atom stereocenters. The summed E-state index contributed by atoms with van der Waals surface area (Å²) in [4.78, 5) is 0. The quantitative estimate of drug-likeness (QED) is 0.407. The molecule has 3 aliphatic rings. The Balaban J connectivity index is 1.75. The Hall–Kier alpha value is -1.17. The van der Waals surface area contributed by atoms with Crippen LogP contribution >= 0.6 is 0 Å². The minimum atomic E-state index is -3.25. The fourth-order valence-corrected chi connectivity index (χ4v) is 8.81. The number of hydrogen-bond acceptors (Lipinski definition) is 4. The highest BCUT2D eigenvalue weighted by atomic mass is 32.2. The van der Waals surface area contributed by atoms with Crippen LogP contribution in [0.5, 0.6) is 0 Å². The molecular weight excluding hydrogens is 456 g/mol. The Morgan fingerprint density at radius 2 is 1.86 bits per heavy atom. The summed E-state index contributed by atoms with van der Waals surface area (Å²) < 4.78 is 24.8. The second kappa shape index (κ2) is 9.95. The zero-order chi connectivity index (χ0) is 26.4. The molecule has 3 aliphatic carbocycles. The highest BCUT2D eigenvalue weighted by Crippen LogP contribution is 2.57. The number of aliphatic hydroxyl groups excluding tert-OH is 2. The van der Waals surface area contributed by atoms with Crippen molar-refractivity contribution in [3.8, 4) is 0 Å². The van der Waals surface area contributed by atoms with Crippen LogP contribution in [-0.4, -0.2) is 40.3 Å². The lowest BCUT2D eigenvalue weighted by molar-refractivity contribution is 0.0862. The van der Waals surface area contributed by atoms with E-state index in [2.05, 4.69) is 38.7 Å². The summed E-state index contributed by atoms with van der Waals surface area (Å²) in [5, 5.41) is 20.3. The van der Waals surface area contributed by atoms with Crippen LogP contribution in [0, 0.1) is 17.3 Å². The second-order valence-electron chi connectivity index (χ2n) is 13.1. The van der Waals surface area contributed by atoms with E-state index in [1.165, 1.54) is 11.1 Å². The van der Waals surface area contributed by atoms with Crippen LogP contribution in [0.2, 0.25) is 0 Å². The van der Waals surface area contributed by atoms with Crippen LogP contribution < -0.4 is 0 Å². The SMILES string of the molecule is C=C1C(=CC=C2CCC[C@]3(C)C([C@H](C)CCC(C)(C)S(=O)(=O)C(C)(C)C)=CCC23)C[C@@H](O)C[C@@H]1O. The number of hydrogen-bond donors (Lipinski definition) is 2. The van der Waals surface area contributed by atoms with Crippen LogP contribution in [0.15, 0.2) is 47.1 Å². The van der Waals surface area contributed by atoms with Gasteiger partial charge in [0.2, 0.25) is 0 Å². The molecule has 5 atom stereocenters. The minimum Gasteiger partial charge on any atom is -0.393 e. The van der Waals surface area contributed by atoms with Crippen molar-refractivity contribution in [2.45, 2.75) is 122 Å². The fraction of sp³-hybridized carbons (Fsp3) is 0.733. The standard InChI is InChI=1S/C30H48O4S/c1-20(15-17-29(6,7)35(33,34)28(3,4)5)25-13-14-26-22(10-9-16-30(25,26)8)11-12-23-18-24(31)19-27(32)21(23)2/h11-13,20,24,26-27,31-32H,2,9-10,14-19H2,1,3-8H3/t20-,24-,26?,27+,30-/m1/s1. The van der Waals surface area contributed by atoms with Gasteiger partial charge in [-0.25, -0.2) is 8.42 Å². The minimum absolute atomic E-state index is 0.109. The maximum Gasteiger partial charge on any atom is 0.160 e. The fourth-order valence-electron chi connectivity index (χ4n) is 6.76. The molecule has 0 heterocycles. The van der Waals surface area contributed by atoms with E-state index in [4.69, 9.17) is 0 Å². The van der Waals surface area contributed by atoms with Gasteiger partial charge in [0.25, 0.3) is 0 Å². The normalized spacial score (nSPS) is 33.7. The third-order valence-electron chi connectivity index (χ3n) is 9.12. The summed E-state index contributed by atoms with van der Waals surface area (Å²) >= 11 is 0. The van der Waals surface area contributed by atoms with E-state index < -0.39 is 31.5 Å². The lowest BCUT2D eigenvalue weighted by Crippen LogP contribution is -2.44. The highest BCUT2D eigenvalue weighted by molar-refractivity contribution is 7.94. The average molecular weight is 505 g/mol. The molecule has 0 aromatic heterocycles. The summed E-state index contributed by atoms with van der Waals surface area (Å²) in [6, 6.07) is 0. The van der Waals surface area contributed by atoms with Crippen molar-refractivity contribution in [3.63, 3.8) is 0 Å². The summed E-state index contributed by atoms with van der Waals surface area (Å²) in [5.41, 5.74) is 4.74.